The summed E-state index contributed by atoms with van der Waals surface area (Å²) >= 11 is 1.43. The fourth-order valence-electron chi connectivity index (χ4n) is 2.06. The molecule has 3 rings (SSSR count). The van der Waals surface area contributed by atoms with Gasteiger partial charge in [0.25, 0.3) is 5.91 Å². The van der Waals surface area contributed by atoms with Gasteiger partial charge in [-0.3, -0.25) is 4.79 Å². The second-order valence-electron chi connectivity index (χ2n) is 5.12. The Balaban J connectivity index is 1.59. The van der Waals surface area contributed by atoms with Gasteiger partial charge in [-0.15, -0.1) is 11.3 Å². The first-order valence-electron chi connectivity index (χ1n) is 7.40. The van der Waals surface area contributed by atoms with Crippen molar-refractivity contribution in [2.24, 2.45) is 0 Å². The molecule has 1 amide bonds. The molecule has 0 aliphatic heterocycles. The first kappa shape index (κ1) is 16.5. The van der Waals surface area contributed by atoms with Crippen LogP contribution in [0.4, 0.5) is 5.82 Å². The maximum absolute atomic E-state index is 12.0. The van der Waals surface area contributed by atoms with Gasteiger partial charge < -0.3 is 15.8 Å². The molecule has 3 aromatic rings. The van der Waals surface area contributed by atoms with Crippen LogP contribution in [0, 0.1) is 11.3 Å². The third-order valence-electron chi connectivity index (χ3n) is 3.29. The van der Waals surface area contributed by atoms with Crippen molar-refractivity contribution in [2.45, 2.75) is 6.54 Å². The van der Waals surface area contributed by atoms with E-state index in [1.54, 1.807) is 36.4 Å². The Kier molecular flexibility index (Phi) is 4.92. The van der Waals surface area contributed by atoms with Crippen LogP contribution in [0.2, 0.25) is 0 Å². The smallest absolute Gasteiger partial charge is 0.253 e. The van der Waals surface area contributed by atoms with Gasteiger partial charge in [0, 0.05) is 11.1 Å². The van der Waals surface area contributed by atoms with Crippen molar-refractivity contribution in [3.05, 3.63) is 70.7 Å². The SMILES string of the molecule is N#Cc1cccc(Oc2ccc(CNC(=O)c3ccc(N)nc3)s2)c1. The Bertz CT molecular complexity index is 929. The number of carbonyl (C=O) groups is 1. The second-order valence-corrected chi connectivity index (χ2v) is 6.25. The van der Waals surface area contributed by atoms with Crippen molar-refractivity contribution >= 4 is 23.1 Å². The summed E-state index contributed by atoms with van der Waals surface area (Å²) in [7, 11) is 0. The van der Waals surface area contributed by atoms with Crippen LogP contribution in [0.15, 0.2) is 54.7 Å². The van der Waals surface area contributed by atoms with Crippen molar-refractivity contribution < 1.29 is 9.53 Å². The fraction of sp³-hybridized carbons (Fsp3) is 0.0556. The molecular formula is C18H14N4O2S. The average molecular weight is 350 g/mol. The van der Waals surface area contributed by atoms with Gasteiger partial charge >= 0.3 is 0 Å². The molecule has 124 valence electrons. The number of amides is 1. The minimum absolute atomic E-state index is 0.218. The molecule has 3 N–H and O–H groups in total. The van der Waals surface area contributed by atoms with Crippen LogP contribution in [0.1, 0.15) is 20.8 Å². The van der Waals surface area contributed by atoms with Gasteiger partial charge in [-0.2, -0.15) is 5.26 Å². The number of nitrogens with one attached hydrogen (secondary N) is 1. The zero-order chi connectivity index (χ0) is 17.6. The number of nitriles is 1. The van der Waals surface area contributed by atoms with E-state index in [-0.39, 0.29) is 5.91 Å². The zero-order valence-corrected chi connectivity index (χ0v) is 13.9. The number of nitrogen functional groups attached to an aromatic ring is 1. The molecule has 1 aromatic carbocycles. The molecule has 2 aromatic heterocycles. The van der Waals surface area contributed by atoms with E-state index in [2.05, 4.69) is 16.4 Å². The largest absolute Gasteiger partial charge is 0.447 e. The molecule has 0 bridgehead atoms. The van der Waals surface area contributed by atoms with Crippen molar-refractivity contribution in [1.29, 1.82) is 5.26 Å². The summed E-state index contributed by atoms with van der Waals surface area (Å²) in [5, 5.41) is 12.4. The Morgan fingerprint density at radius 3 is 2.92 bits per heavy atom. The van der Waals surface area contributed by atoms with Crippen LogP contribution in [-0.2, 0) is 6.54 Å². The highest BCUT2D eigenvalue weighted by Gasteiger charge is 2.08. The summed E-state index contributed by atoms with van der Waals surface area (Å²) in [6, 6.07) is 15.9. The van der Waals surface area contributed by atoms with E-state index in [1.807, 2.05) is 12.1 Å². The predicted molar refractivity (Wildman–Crippen MR) is 95.4 cm³/mol. The number of nitrogens with two attached hydrogens (primary N) is 1. The Labute approximate surface area is 148 Å². The Hall–Kier alpha value is -3.37. The molecule has 0 aliphatic carbocycles. The van der Waals surface area contributed by atoms with Crippen molar-refractivity contribution in [2.75, 3.05) is 5.73 Å². The number of ether oxygens (including phenoxy) is 1. The molecule has 2 heterocycles. The molecule has 0 spiro atoms. The van der Waals surface area contributed by atoms with Crippen LogP contribution in [0.3, 0.4) is 0 Å². The number of rotatable bonds is 5. The molecule has 0 fully saturated rings. The monoisotopic (exact) mass is 350 g/mol. The topological polar surface area (TPSA) is 101 Å². The minimum Gasteiger partial charge on any atom is -0.447 e. The van der Waals surface area contributed by atoms with Crippen molar-refractivity contribution in [1.82, 2.24) is 10.3 Å². The molecule has 0 saturated carbocycles. The first-order chi connectivity index (χ1) is 12.1. The highest BCUT2D eigenvalue weighted by Crippen LogP contribution is 2.29. The van der Waals surface area contributed by atoms with Crippen LogP contribution in [0.25, 0.3) is 0 Å². The minimum atomic E-state index is -0.218. The maximum atomic E-state index is 12.0. The highest BCUT2D eigenvalue weighted by atomic mass is 32.1. The maximum Gasteiger partial charge on any atom is 0.253 e. The standard InChI is InChI=1S/C18H14N4O2S/c19-9-12-2-1-3-14(8-12)24-17-7-5-15(25-17)11-22-18(23)13-4-6-16(20)21-10-13/h1-8,10H,11H2,(H2,20,21)(H,22,23). The number of carbonyl (C=O) groups excluding carboxylic acids is 1. The normalized spacial score (nSPS) is 10.0. The number of pyridine rings is 1. The van der Waals surface area contributed by atoms with Crippen molar-refractivity contribution in [3.8, 4) is 16.9 Å². The number of nitrogens with zero attached hydrogens (tertiary/aromatic N) is 2. The number of benzene rings is 1. The van der Waals surface area contributed by atoms with E-state index in [0.29, 0.717) is 34.3 Å². The summed E-state index contributed by atoms with van der Waals surface area (Å²) in [4.78, 5) is 16.9. The summed E-state index contributed by atoms with van der Waals surface area (Å²) < 4.78 is 5.74. The molecular weight excluding hydrogens is 336 g/mol. The summed E-state index contributed by atoms with van der Waals surface area (Å²) in [5.74, 6) is 0.756. The highest BCUT2D eigenvalue weighted by molar-refractivity contribution is 7.13. The number of aromatic nitrogens is 1. The van der Waals surface area contributed by atoms with Gasteiger partial charge in [0.1, 0.15) is 11.6 Å². The van der Waals surface area contributed by atoms with E-state index >= 15 is 0 Å². The van der Waals surface area contributed by atoms with Crippen molar-refractivity contribution in [3.63, 3.8) is 0 Å². The molecule has 7 heteroatoms. The summed E-state index contributed by atoms with van der Waals surface area (Å²) in [6.45, 7) is 0.384. The number of thiophene rings is 1. The molecule has 6 nitrogen and oxygen atoms in total. The molecule has 0 unspecified atom stereocenters. The fourth-order valence-corrected chi connectivity index (χ4v) is 2.88. The number of hydrogen-bond acceptors (Lipinski definition) is 6. The van der Waals surface area contributed by atoms with E-state index in [1.165, 1.54) is 17.5 Å². The van der Waals surface area contributed by atoms with Crippen LogP contribution >= 0.6 is 11.3 Å². The lowest BCUT2D eigenvalue weighted by molar-refractivity contribution is 0.0951. The number of anilines is 1. The van der Waals surface area contributed by atoms with Gasteiger partial charge in [0.2, 0.25) is 0 Å². The summed E-state index contributed by atoms with van der Waals surface area (Å²) in [5.41, 5.74) is 6.50. The summed E-state index contributed by atoms with van der Waals surface area (Å²) in [6.07, 6.45) is 1.44. The molecule has 0 radical (unpaired) electrons. The molecule has 0 atom stereocenters. The average Bonchev–Trinajstić information content (AvgIpc) is 3.08. The van der Waals surface area contributed by atoms with Gasteiger partial charge in [-0.1, -0.05) is 6.07 Å². The van der Waals surface area contributed by atoms with E-state index in [0.717, 1.165) is 4.88 Å². The zero-order valence-electron chi connectivity index (χ0n) is 13.1. The lowest BCUT2D eigenvalue weighted by atomic mass is 10.2. The lowest BCUT2D eigenvalue weighted by Crippen LogP contribution is -2.22. The molecule has 25 heavy (non-hydrogen) atoms. The van der Waals surface area contributed by atoms with Gasteiger partial charge in [0.15, 0.2) is 5.06 Å². The van der Waals surface area contributed by atoms with Crippen LogP contribution in [-0.4, -0.2) is 10.9 Å². The van der Waals surface area contributed by atoms with E-state index in [4.69, 9.17) is 15.7 Å². The number of hydrogen-bond donors (Lipinski definition) is 2. The van der Waals surface area contributed by atoms with E-state index in [9.17, 15) is 4.79 Å². The Morgan fingerprint density at radius 2 is 2.16 bits per heavy atom. The predicted octanol–water partition coefficient (Wildman–Crippen LogP) is 3.32. The third kappa shape index (κ3) is 4.34. The van der Waals surface area contributed by atoms with Crippen LogP contribution in [0.5, 0.6) is 10.8 Å². The Morgan fingerprint density at radius 1 is 1.28 bits per heavy atom. The third-order valence-corrected chi connectivity index (χ3v) is 4.25. The van der Waals surface area contributed by atoms with Crippen LogP contribution < -0.4 is 15.8 Å². The lowest BCUT2D eigenvalue weighted by Gasteiger charge is -2.04. The van der Waals surface area contributed by atoms with Gasteiger partial charge in [0.05, 0.1) is 23.7 Å². The second kappa shape index (κ2) is 7.47. The first-order valence-corrected chi connectivity index (χ1v) is 8.22. The van der Waals surface area contributed by atoms with Gasteiger partial charge in [-0.25, -0.2) is 4.98 Å². The van der Waals surface area contributed by atoms with E-state index < -0.39 is 0 Å². The quantitative estimate of drug-likeness (QED) is 0.735. The molecule has 0 saturated heterocycles. The molecule has 0 aliphatic rings. The van der Waals surface area contributed by atoms with Gasteiger partial charge in [-0.05, 0) is 42.5 Å².